The molecule has 8 nitrogen and oxygen atoms in total. The summed E-state index contributed by atoms with van der Waals surface area (Å²) in [4.78, 5) is 19.9. The summed E-state index contributed by atoms with van der Waals surface area (Å²) in [7, 11) is 0. The lowest BCUT2D eigenvalue weighted by molar-refractivity contribution is -0.115. The third kappa shape index (κ3) is 8.74. The lowest BCUT2D eigenvalue weighted by atomic mass is 9.94. The fourth-order valence-corrected chi connectivity index (χ4v) is 4.44. The van der Waals surface area contributed by atoms with Gasteiger partial charge < -0.3 is 31.1 Å². The number of benzene rings is 1. The number of halogens is 1. The highest BCUT2D eigenvalue weighted by molar-refractivity contribution is 5.90. The molecular formula is C30H40FN5O3. The van der Waals surface area contributed by atoms with Crippen molar-refractivity contribution in [3.8, 4) is 0 Å². The number of aliphatic hydroxyl groups excluding tert-OH is 1. The lowest BCUT2D eigenvalue weighted by Crippen LogP contribution is -2.44. The van der Waals surface area contributed by atoms with E-state index in [2.05, 4.69) is 34.7 Å². The average molecular weight is 538 g/mol. The summed E-state index contributed by atoms with van der Waals surface area (Å²) in [5, 5.41) is 28.5. The fraction of sp³-hybridized carbons (Fsp3) is 0.400. The summed E-state index contributed by atoms with van der Waals surface area (Å²) in [5.41, 5.74) is 4.23. The van der Waals surface area contributed by atoms with Crippen LogP contribution in [0.2, 0.25) is 0 Å². The molecule has 1 unspecified atom stereocenters. The number of rotatable bonds is 11. The molecule has 2 aliphatic rings. The average Bonchev–Trinajstić information content (AvgIpc) is 3.07. The molecule has 1 aliphatic heterocycles. The van der Waals surface area contributed by atoms with E-state index in [0.717, 1.165) is 48.5 Å². The second-order valence-electron chi connectivity index (χ2n) is 9.57. The zero-order valence-electron chi connectivity index (χ0n) is 23.2. The molecule has 9 heteroatoms. The summed E-state index contributed by atoms with van der Waals surface area (Å²) in [6.07, 6.45) is 7.35. The van der Waals surface area contributed by atoms with Crippen LogP contribution in [0.4, 0.5) is 4.39 Å². The number of aliphatic imine (C=N–C) groups is 1. The number of hydrogen-bond acceptors (Lipinski definition) is 5. The summed E-state index contributed by atoms with van der Waals surface area (Å²) in [5.74, 6) is -0.0404. The van der Waals surface area contributed by atoms with Gasteiger partial charge in [-0.25, -0.2) is 4.39 Å². The normalized spacial score (nSPS) is 19.1. The van der Waals surface area contributed by atoms with Gasteiger partial charge in [0, 0.05) is 36.0 Å². The fourth-order valence-electron chi connectivity index (χ4n) is 4.44. The summed E-state index contributed by atoms with van der Waals surface area (Å²) < 4.78 is 13.9. The first-order valence-corrected chi connectivity index (χ1v) is 13.4. The van der Waals surface area contributed by atoms with Gasteiger partial charge in [-0.2, -0.15) is 0 Å². The molecule has 1 aromatic carbocycles. The molecule has 0 radical (unpaired) electrons. The van der Waals surface area contributed by atoms with Crippen LogP contribution in [-0.2, 0) is 4.79 Å². The van der Waals surface area contributed by atoms with Crippen molar-refractivity contribution in [1.82, 2.24) is 20.9 Å². The minimum atomic E-state index is -1.56. The Kier molecular flexibility index (Phi) is 11.2. The Balaban J connectivity index is 1.81. The molecule has 0 saturated carbocycles. The number of carbonyl (C=O) groups is 1. The molecule has 0 aromatic heterocycles. The highest BCUT2D eigenvalue weighted by Crippen LogP contribution is 2.28. The largest absolute Gasteiger partial charge is 0.364 e. The number of amides is 1. The topological polar surface area (TPSA) is 109 Å². The van der Waals surface area contributed by atoms with Gasteiger partial charge in [0.05, 0.1) is 6.04 Å². The van der Waals surface area contributed by atoms with Crippen molar-refractivity contribution in [1.29, 1.82) is 0 Å². The van der Waals surface area contributed by atoms with Gasteiger partial charge in [0.25, 0.3) is 0 Å². The molecule has 0 spiro atoms. The Labute approximate surface area is 230 Å². The Morgan fingerprint density at radius 3 is 2.62 bits per heavy atom. The summed E-state index contributed by atoms with van der Waals surface area (Å²) in [6.45, 7) is 11.7. The molecular weight excluding hydrogens is 497 g/mol. The van der Waals surface area contributed by atoms with Crippen molar-refractivity contribution in [2.45, 2.75) is 52.9 Å². The zero-order valence-corrected chi connectivity index (χ0v) is 23.2. The maximum Gasteiger partial charge on any atom is 0.248 e. The molecule has 5 N–H and O–H groups in total. The van der Waals surface area contributed by atoms with Gasteiger partial charge in [0.15, 0.2) is 12.2 Å². The van der Waals surface area contributed by atoms with Crippen LogP contribution < -0.4 is 16.0 Å². The van der Waals surface area contributed by atoms with Crippen molar-refractivity contribution in [3.63, 3.8) is 0 Å². The minimum absolute atomic E-state index is 0.0308. The molecule has 1 atom stereocenters. The van der Waals surface area contributed by atoms with Crippen molar-refractivity contribution < 1.29 is 19.4 Å². The quantitative estimate of drug-likeness (QED) is 0.166. The van der Waals surface area contributed by atoms with E-state index in [0.29, 0.717) is 23.8 Å². The number of guanidine groups is 1. The molecule has 1 amide bonds. The van der Waals surface area contributed by atoms with Crippen LogP contribution in [0, 0.1) is 0 Å². The molecule has 0 bridgehead atoms. The third-order valence-electron chi connectivity index (χ3n) is 6.83. The molecule has 1 heterocycles. The van der Waals surface area contributed by atoms with Crippen LogP contribution in [0.1, 0.15) is 64.0 Å². The Bertz CT molecular complexity index is 1190. The Morgan fingerprint density at radius 1 is 1.23 bits per heavy atom. The molecule has 1 aliphatic carbocycles. The van der Waals surface area contributed by atoms with Crippen molar-refractivity contribution in [2.75, 3.05) is 26.2 Å². The van der Waals surface area contributed by atoms with E-state index in [1.807, 2.05) is 26.0 Å². The summed E-state index contributed by atoms with van der Waals surface area (Å²) in [6, 6.07) is 6.62. The second kappa shape index (κ2) is 14.6. The van der Waals surface area contributed by atoms with Crippen molar-refractivity contribution in [2.24, 2.45) is 4.99 Å². The highest BCUT2D eigenvalue weighted by Gasteiger charge is 2.24. The van der Waals surface area contributed by atoms with Gasteiger partial charge >= 0.3 is 0 Å². The molecule has 0 fully saturated rings. The molecule has 39 heavy (non-hydrogen) atoms. The third-order valence-corrected chi connectivity index (χ3v) is 6.83. The van der Waals surface area contributed by atoms with Crippen LogP contribution in [0.3, 0.4) is 0 Å². The van der Waals surface area contributed by atoms with Gasteiger partial charge in [-0.15, -0.1) is 0 Å². The first-order chi connectivity index (χ1) is 18.7. The Hall–Kier alpha value is -3.53. The second-order valence-corrected chi connectivity index (χ2v) is 9.57. The van der Waals surface area contributed by atoms with E-state index in [1.54, 1.807) is 30.4 Å². The summed E-state index contributed by atoms with van der Waals surface area (Å²) >= 11 is 0. The van der Waals surface area contributed by atoms with Crippen LogP contribution >= 0.6 is 0 Å². The van der Waals surface area contributed by atoms with E-state index in [1.165, 1.54) is 12.2 Å². The van der Waals surface area contributed by atoms with Gasteiger partial charge in [0.2, 0.25) is 5.91 Å². The van der Waals surface area contributed by atoms with E-state index in [-0.39, 0.29) is 24.2 Å². The monoisotopic (exact) mass is 537 g/mol. The first-order valence-electron chi connectivity index (χ1n) is 13.4. The van der Waals surface area contributed by atoms with Gasteiger partial charge in [-0.1, -0.05) is 50.3 Å². The number of carbonyl (C=O) groups excluding carboxylic acids is 1. The van der Waals surface area contributed by atoms with Gasteiger partial charge in [-0.05, 0) is 68.8 Å². The molecule has 0 saturated heterocycles. The number of allylic oxidation sites excluding steroid dienone is 6. The smallest absolute Gasteiger partial charge is 0.248 e. The van der Waals surface area contributed by atoms with Crippen LogP contribution in [0.5, 0.6) is 0 Å². The Morgan fingerprint density at radius 2 is 1.95 bits per heavy atom. The number of aliphatic hydroxyl groups is 2. The standard InChI is InChI=1S/C30H40FN5O3/c1-5-36(6-2)18-8-17-32-30-33-21(4)25(28(35-30)22-11-13-23(14-12-22)29(38)39)15-16-27(37)34-26-19-24(31)10-7-9-20(26)3/h7,9-16,28-29,38-39H,5-6,8,17-19H2,1-4H3,(H,34,37)(H2,32,33,35)/b16-15-. The van der Waals surface area contributed by atoms with E-state index in [9.17, 15) is 19.4 Å². The number of nitrogens with zero attached hydrogens (tertiary/aromatic N) is 2. The van der Waals surface area contributed by atoms with Gasteiger partial charge in [-0.3, -0.25) is 9.79 Å². The highest BCUT2D eigenvalue weighted by atomic mass is 19.1. The molecule has 3 rings (SSSR count). The maximum absolute atomic E-state index is 13.9. The van der Waals surface area contributed by atoms with Crippen LogP contribution in [0.15, 0.2) is 88.0 Å². The van der Waals surface area contributed by atoms with Crippen LogP contribution in [-0.4, -0.2) is 53.2 Å². The molecule has 210 valence electrons. The van der Waals surface area contributed by atoms with E-state index >= 15 is 0 Å². The predicted molar refractivity (Wildman–Crippen MR) is 153 cm³/mol. The van der Waals surface area contributed by atoms with Crippen LogP contribution in [0.25, 0.3) is 0 Å². The maximum atomic E-state index is 13.9. The number of nitrogens with one attached hydrogen (secondary N) is 3. The van der Waals surface area contributed by atoms with E-state index < -0.39 is 6.29 Å². The van der Waals surface area contributed by atoms with Crippen molar-refractivity contribution >= 4 is 11.9 Å². The minimum Gasteiger partial charge on any atom is -0.364 e. The number of hydrogen-bond donors (Lipinski definition) is 5. The van der Waals surface area contributed by atoms with Gasteiger partial charge in [0.1, 0.15) is 5.83 Å². The predicted octanol–water partition coefficient (Wildman–Crippen LogP) is 4.03. The lowest BCUT2D eigenvalue weighted by Gasteiger charge is -2.30. The van der Waals surface area contributed by atoms with Crippen molar-refractivity contribution in [3.05, 3.63) is 94.1 Å². The van der Waals surface area contributed by atoms with E-state index in [4.69, 9.17) is 4.99 Å². The molecule has 1 aromatic rings. The zero-order chi connectivity index (χ0) is 28.4. The SMILES string of the molecule is CCN(CC)CCCN=C1NC(C)=C(/C=C\C(=O)NC2=C(C)C=CC=C(F)C2)C(c2ccc(C(O)O)cc2)N1. The first kappa shape index (κ1) is 30.0.